The van der Waals surface area contributed by atoms with Crippen molar-refractivity contribution in [3.63, 3.8) is 0 Å². The van der Waals surface area contributed by atoms with Crippen molar-refractivity contribution in [1.29, 1.82) is 0 Å². The summed E-state index contributed by atoms with van der Waals surface area (Å²) in [5.74, 6) is 0.437. The van der Waals surface area contributed by atoms with E-state index in [1.165, 1.54) is 0 Å². The average molecular weight is 322 g/mol. The highest BCUT2D eigenvalue weighted by Gasteiger charge is 2.10. The minimum atomic E-state index is -0.215. The van der Waals surface area contributed by atoms with Gasteiger partial charge in [-0.15, -0.1) is 0 Å². The van der Waals surface area contributed by atoms with Crippen LogP contribution in [0.4, 0.5) is 5.82 Å². The third kappa shape index (κ3) is 4.52. The van der Waals surface area contributed by atoms with Crippen LogP contribution in [0.25, 0.3) is 0 Å². The van der Waals surface area contributed by atoms with E-state index in [1.54, 1.807) is 19.2 Å². The zero-order chi connectivity index (χ0) is 12.8. The molecule has 0 fully saturated rings. The summed E-state index contributed by atoms with van der Waals surface area (Å²) in [6.07, 6.45) is 1.99. The first kappa shape index (κ1) is 14.3. The van der Waals surface area contributed by atoms with E-state index in [-0.39, 0.29) is 5.97 Å². The Balaban J connectivity index is 2.57. The van der Waals surface area contributed by atoms with Gasteiger partial charge in [-0.05, 0) is 28.9 Å². The lowest BCUT2D eigenvalue weighted by Gasteiger charge is -2.18. The predicted octanol–water partition coefficient (Wildman–Crippen LogP) is 2.89. The number of rotatable bonds is 5. The largest absolute Gasteiger partial charge is 0.466 e. The van der Waals surface area contributed by atoms with Crippen molar-refractivity contribution in [1.82, 2.24) is 4.98 Å². The number of hydrogen-bond acceptors (Lipinski definition) is 4. The SMILES string of the molecule is CCOC(=O)CCN(C)c1ncc(Br)cc1Cl. The van der Waals surface area contributed by atoms with Gasteiger partial charge in [0.15, 0.2) is 0 Å². The third-order valence-electron chi connectivity index (χ3n) is 2.11. The van der Waals surface area contributed by atoms with Gasteiger partial charge in [0.2, 0.25) is 0 Å². The summed E-state index contributed by atoms with van der Waals surface area (Å²) in [6.45, 7) is 2.71. The van der Waals surface area contributed by atoms with Crippen LogP contribution in [0.15, 0.2) is 16.7 Å². The summed E-state index contributed by atoms with van der Waals surface area (Å²) < 4.78 is 5.68. The number of hydrogen-bond donors (Lipinski definition) is 0. The Hall–Kier alpha value is -0.810. The second-order valence-electron chi connectivity index (χ2n) is 3.44. The first-order chi connectivity index (χ1) is 8.04. The van der Waals surface area contributed by atoms with Crippen LogP contribution in [-0.2, 0) is 9.53 Å². The topological polar surface area (TPSA) is 42.4 Å². The minimum Gasteiger partial charge on any atom is -0.466 e. The lowest BCUT2D eigenvalue weighted by molar-refractivity contribution is -0.142. The van der Waals surface area contributed by atoms with Gasteiger partial charge in [-0.25, -0.2) is 4.98 Å². The second kappa shape index (κ2) is 6.81. The van der Waals surface area contributed by atoms with Gasteiger partial charge in [-0.2, -0.15) is 0 Å². The Labute approximate surface area is 114 Å². The molecular formula is C11H14BrClN2O2. The van der Waals surface area contributed by atoms with Crippen molar-refractivity contribution in [2.24, 2.45) is 0 Å². The molecule has 0 bridgehead atoms. The number of halogens is 2. The summed E-state index contributed by atoms with van der Waals surface area (Å²) in [7, 11) is 1.83. The average Bonchev–Trinajstić information content (AvgIpc) is 2.26. The molecule has 17 heavy (non-hydrogen) atoms. The van der Waals surface area contributed by atoms with E-state index in [4.69, 9.17) is 16.3 Å². The molecule has 1 aromatic rings. The second-order valence-corrected chi connectivity index (χ2v) is 4.76. The molecule has 0 saturated heterocycles. The molecule has 1 aromatic heterocycles. The highest BCUT2D eigenvalue weighted by atomic mass is 79.9. The summed E-state index contributed by atoms with van der Waals surface area (Å²) in [5, 5.41) is 0.547. The van der Waals surface area contributed by atoms with Crippen LogP contribution in [0.1, 0.15) is 13.3 Å². The summed E-state index contributed by atoms with van der Waals surface area (Å²) in [4.78, 5) is 17.2. The van der Waals surface area contributed by atoms with E-state index in [0.29, 0.717) is 30.4 Å². The minimum absolute atomic E-state index is 0.215. The fraction of sp³-hybridized carbons (Fsp3) is 0.455. The van der Waals surface area contributed by atoms with Crippen molar-refractivity contribution < 1.29 is 9.53 Å². The van der Waals surface area contributed by atoms with E-state index in [0.717, 1.165) is 4.47 Å². The van der Waals surface area contributed by atoms with Crippen molar-refractivity contribution in [3.05, 3.63) is 21.8 Å². The van der Waals surface area contributed by atoms with E-state index in [2.05, 4.69) is 20.9 Å². The quantitative estimate of drug-likeness (QED) is 0.782. The smallest absolute Gasteiger partial charge is 0.307 e. The Bertz CT molecular complexity index is 401. The molecule has 4 nitrogen and oxygen atoms in total. The highest BCUT2D eigenvalue weighted by Crippen LogP contribution is 2.25. The first-order valence-corrected chi connectivity index (χ1v) is 6.39. The zero-order valence-electron chi connectivity index (χ0n) is 9.74. The molecule has 94 valence electrons. The van der Waals surface area contributed by atoms with Crippen LogP contribution in [0, 0.1) is 0 Å². The molecule has 0 aliphatic rings. The van der Waals surface area contributed by atoms with Crippen LogP contribution in [0.2, 0.25) is 5.02 Å². The Kier molecular flexibility index (Phi) is 5.71. The molecule has 0 atom stereocenters. The maximum absolute atomic E-state index is 11.2. The normalized spacial score (nSPS) is 10.1. The van der Waals surface area contributed by atoms with Crippen LogP contribution in [0.3, 0.4) is 0 Å². The van der Waals surface area contributed by atoms with E-state index < -0.39 is 0 Å². The van der Waals surface area contributed by atoms with Gasteiger partial charge in [-0.1, -0.05) is 11.6 Å². The summed E-state index contributed by atoms with van der Waals surface area (Å²) in [6, 6.07) is 1.77. The van der Waals surface area contributed by atoms with E-state index >= 15 is 0 Å². The number of carbonyl (C=O) groups is 1. The van der Waals surface area contributed by atoms with Gasteiger partial charge in [0, 0.05) is 24.3 Å². The third-order valence-corrected chi connectivity index (χ3v) is 2.82. The standard InChI is InChI=1S/C11H14BrClN2O2/c1-3-17-10(16)4-5-15(2)11-9(13)6-8(12)7-14-11/h6-7H,3-5H2,1-2H3. The summed E-state index contributed by atoms with van der Waals surface area (Å²) in [5.41, 5.74) is 0. The number of pyridine rings is 1. The number of aromatic nitrogens is 1. The number of anilines is 1. The maximum atomic E-state index is 11.2. The lowest BCUT2D eigenvalue weighted by Crippen LogP contribution is -2.23. The van der Waals surface area contributed by atoms with Gasteiger partial charge in [-0.3, -0.25) is 4.79 Å². The van der Waals surface area contributed by atoms with E-state index in [1.807, 2.05) is 11.9 Å². The molecule has 0 aliphatic heterocycles. The molecule has 0 aromatic carbocycles. The molecule has 1 heterocycles. The lowest BCUT2D eigenvalue weighted by atomic mass is 10.3. The molecular weight excluding hydrogens is 307 g/mol. The molecule has 0 unspecified atom stereocenters. The number of esters is 1. The molecule has 1 rings (SSSR count). The summed E-state index contributed by atoms with van der Waals surface area (Å²) >= 11 is 9.34. The maximum Gasteiger partial charge on any atom is 0.307 e. The molecule has 0 amide bonds. The molecule has 0 saturated carbocycles. The van der Waals surface area contributed by atoms with Crippen LogP contribution < -0.4 is 4.90 Å². The van der Waals surface area contributed by atoms with Crippen molar-refractivity contribution in [3.8, 4) is 0 Å². The van der Waals surface area contributed by atoms with E-state index in [9.17, 15) is 4.79 Å². The molecule has 6 heteroatoms. The first-order valence-electron chi connectivity index (χ1n) is 5.22. The molecule has 0 radical (unpaired) electrons. The number of carbonyl (C=O) groups excluding carboxylic acids is 1. The predicted molar refractivity (Wildman–Crippen MR) is 71.5 cm³/mol. The highest BCUT2D eigenvalue weighted by molar-refractivity contribution is 9.10. The monoisotopic (exact) mass is 320 g/mol. The van der Waals surface area contributed by atoms with Crippen LogP contribution in [-0.4, -0.2) is 31.2 Å². The zero-order valence-corrected chi connectivity index (χ0v) is 12.1. The van der Waals surface area contributed by atoms with Crippen molar-refractivity contribution >= 4 is 39.3 Å². The molecule has 0 aliphatic carbocycles. The number of nitrogens with zero attached hydrogens (tertiary/aromatic N) is 2. The van der Waals surface area contributed by atoms with Crippen molar-refractivity contribution in [2.45, 2.75) is 13.3 Å². The van der Waals surface area contributed by atoms with Gasteiger partial charge in [0.05, 0.1) is 18.1 Å². The fourth-order valence-electron chi connectivity index (χ4n) is 1.29. The molecule has 0 spiro atoms. The number of ether oxygens (including phenoxy) is 1. The van der Waals surface area contributed by atoms with Gasteiger partial charge < -0.3 is 9.64 Å². The Morgan fingerprint density at radius 2 is 2.35 bits per heavy atom. The van der Waals surface area contributed by atoms with Crippen molar-refractivity contribution in [2.75, 3.05) is 25.1 Å². The van der Waals surface area contributed by atoms with Crippen LogP contribution in [0.5, 0.6) is 0 Å². The van der Waals surface area contributed by atoms with Gasteiger partial charge in [0.25, 0.3) is 0 Å². The Morgan fingerprint density at radius 1 is 1.65 bits per heavy atom. The molecule has 0 N–H and O–H groups in total. The van der Waals surface area contributed by atoms with Gasteiger partial charge >= 0.3 is 5.97 Å². The fourth-order valence-corrected chi connectivity index (χ4v) is 2.06. The van der Waals surface area contributed by atoms with Crippen LogP contribution >= 0.6 is 27.5 Å². The van der Waals surface area contributed by atoms with Gasteiger partial charge in [0.1, 0.15) is 5.82 Å². The Morgan fingerprint density at radius 3 is 2.94 bits per heavy atom.